The molecule has 2 rings (SSSR count). The van der Waals surface area contributed by atoms with Crippen LogP contribution in [0.3, 0.4) is 0 Å². The first-order chi connectivity index (χ1) is 15.6. The van der Waals surface area contributed by atoms with Gasteiger partial charge in [-0.15, -0.1) is 0 Å². The van der Waals surface area contributed by atoms with Crippen molar-refractivity contribution in [1.82, 2.24) is 10.2 Å². The Morgan fingerprint density at radius 3 is 2.21 bits per heavy atom. The highest BCUT2D eigenvalue weighted by Crippen LogP contribution is 2.30. The highest BCUT2D eigenvalue weighted by Gasteiger charge is 2.25. The molecular weight excluding hydrogens is 450 g/mol. The van der Waals surface area contributed by atoms with Crippen LogP contribution in [0.5, 0.6) is 5.75 Å². The molecule has 0 saturated heterocycles. The zero-order valence-corrected chi connectivity index (χ0v) is 19.7. The maximum Gasteiger partial charge on any atom is 0.413 e. The van der Waals surface area contributed by atoms with Crippen molar-refractivity contribution in [2.24, 2.45) is 0 Å². The number of rotatable bonds is 9. The summed E-state index contributed by atoms with van der Waals surface area (Å²) in [6.07, 6.45) is -0.889. The first-order valence-corrected chi connectivity index (χ1v) is 11.6. The van der Waals surface area contributed by atoms with Crippen LogP contribution in [0.4, 0.5) is 10.5 Å². The number of ether oxygens (including phenoxy) is 2. The fourth-order valence-corrected chi connectivity index (χ4v) is 4.16. The number of carbonyl (C=O) groups excluding carboxylic acids is 3. The van der Waals surface area contributed by atoms with E-state index in [1.54, 1.807) is 38.1 Å². The van der Waals surface area contributed by atoms with Crippen LogP contribution in [-0.4, -0.2) is 65.1 Å². The number of methoxy groups -OCH3 is 1. The monoisotopic (exact) mass is 477 g/mol. The highest BCUT2D eigenvalue weighted by atomic mass is 32.2. The molecule has 0 saturated carbocycles. The summed E-state index contributed by atoms with van der Waals surface area (Å²) in [5.74, 6) is -0.783. The van der Waals surface area contributed by atoms with Gasteiger partial charge in [-0.25, -0.2) is 13.2 Å². The molecule has 0 heterocycles. The fourth-order valence-electron chi connectivity index (χ4n) is 2.95. The average molecular weight is 478 g/mol. The molecule has 0 aromatic heterocycles. The largest absolute Gasteiger partial charge is 0.495 e. The molecule has 3 amide bonds. The lowest BCUT2D eigenvalue weighted by molar-refractivity contribution is -0.121. The lowest BCUT2D eigenvalue weighted by Crippen LogP contribution is -2.42. The van der Waals surface area contributed by atoms with Crippen molar-refractivity contribution in [3.8, 4) is 5.75 Å². The highest BCUT2D eigenvalue weighted by molar-refractivity contribution is 7.92. The Morgan fingerprint density at radius 2 is 1.64 bits per heavy atom. The SMILES string of the molecule is CCOC(=O)NC(=O)CN(CC)C(=O)c1ccc(S(=O)(=O)N(C)c2ccccc2OC)cc1. The summed E-state index contributed by atoms with van der Waals surface area (Å²) in [5.41, 5.74) is 0.560. The molecule has 0 radical (unpaired) electrons. The zero-order chi connectivity index (χ0) is 24.6. The molecule has 10 nitrogen and oxygen atoms in total. The van der Waals surface area contributed by atoms with Gasteiger partial charge in [0, 0.05) is 19.2 Å². The molecule has 0 aliphatic heterocycles. The van der Waals surface area contributed by atoms with E-state index < -0.39 is 27.9 Å². The molecule has 0 aliphatic rings. The van der Waals surface area contributed by atoms with Crippen LogP contribution < -0.4 is 14.4 Å². The van der Waals surface area contributed by atoms with Crippen LogP contribution in [0.2, 0.25) is 0 Å². The Hall–Kier alpha value is -3.60. The Balaban J connectivity index is 2.18. The minimum absolute atomic E-state index is 0.0180. The van der Waals surface area contributed by atoms with E-state index in [4.69, 9.17) is 4.74 Å². The van der Waals surface area contributed by atoms with Crippen LogP contribution >= 0.6 is 0 Å². The van der Waals surface area contributed by atoms with Gasteiger partial charge in [-0.2, -0.15) is 0 Å². The first kappa shape index (κ1) is 25.7. The molecule has 0 bridgehead atoms. The van der Waals surface area contributed by atoms with E-state index in [9.17, 15) is 22.8 Å². The number of nitrogens with one attached hydrogen (secondary N) is 1. The topological polar surface area (TPSA) is 122 Å². The summed E-state index contributed by atoms with van der Waals surface area (Å²) in [6.45, 7) is 3.23. The number of amides is 3. The van der Waals surface area contributed by atoms with E-state index in [0.29, 0.717) is 11.4 Å². The van der Waals surface area contributed by atoms with Gasteiger partial charge in [0.05, 0.1) is 24.3 Å². The predicted molar refractivity (Wildman–Crippen MR) is 122 cm³/mol. The first-order valence-electron chi connectivity index (χ1n) is 10.1. The van der Waals surface area contributed by atoms with Crippen molar-refractivity contribution in [3.05, 3.63) is 54.1 Å². The number of para-hydroxylation sites is 2. The molecule has 2 aromatic rings. The normalized spacial score (nSPS) is 10.8. The number of carbonyl (C=O) groups is 3. The number of imide groups is 1. The van der Waals surface area contributed by atoms with E-state index >= 15 is 0 Å². The quantitative estimate of drug-likeness (QED) is 0.588. The summed E-state index contributed by atoms with van der Waals surface area (Å²) >= 11 is 0. The predicted octanol–water partition coefficient (Wildman–Crippen LogP) is 2.26. The molecule has 11 heteroatoms. The second kappa shape index (κ2) is 11.3. The number of benzene rings is 2. The number of anilines is 1. The van der Waals surface area contributed by atoms with E-state index in [1.807, 2.05) is 5.32 Å². The van der Waals surface area contributed by atoms with Gasteiger partial charge in [-0.1, -0.05) is 12.1 Å². The third-order valence-electron chi connectivity index (χ3n) is 4.70. The lowest BCUT2D eigenvalue weighted by atomic mass is 10.2. The van der Waals surface area contributed by atoms with Gasteiger partial charge in [-0.3, -0.25) is 19.2 Å². The minimum Gasteiger partial charge on any atom is -0.495 e. The van der Waals surface area contributed by atoms with Gasteiger partial charge in [-0.05, 0) is 50.2 Å². The van der Waals surface area contributed by atoms with Gasteiger partial charge in [0.25, 0.3) is 15.9 Å². The average Bonchev–Trinajstić information content (AvgIpc) is 2.81. The van der Waals surface area contributed by atoms with Crippen LogP contribution in [0.25, 0.3) is 0 Å². The summed E-state index contributed by atoms with van der Waals surface area (Å²) in [7, 11) is -1.06. The van der Waals surface area contributed by atoms with Crippen LogP contribution in [-0.2, 0) is 19.6 Å². The number of alkyl carbamates (subject to hydrolysis) is 1. The standard InChI is InChI=1S/C22H27N3O7S/c1-5-25(15-20(26)23-22(28)32-6-2)21(27)16-11-13-17(14-12-16)33(29,30)24(3)18-9-7-8-10-19(18)31-4/h7-14H,5-6,15H2,1-4H3,(H,23,26,28). The molecular formula is C22H27N3O7S. The lowest BCUT2D eigenvalue weighted by Gasteiger charge is -2.22. The van der Waals surface area contributed by atoms with Gasteiger partial charge >= 0.3 is 6.09 Å². The number of sulfonamides is 1. The van der Waals surface area contributed by atoms with Crippen LogP contribution in [0, 0.1) is 0 Å². The smallest absolute Gasteiger partial charge is 0.413 e. The Morgan fingerprint density at radius 1 is 1.00 bits per heavy atom. The van der Waals surface area contributed by atoms with Crippen molar-refractivity contribution in [2.45, 2.75) is 18.7 Å². The van der Waals surface area contributed by atoms with E-state index in [2.05, 4.69) is 4.74 Å². The van der Waals surface area contributed by atoms with Gasteiger partial charge < -0.3 is 14.4 Å². The molecule has 0 aliphatic carbocycles. The third kappa shape index (κ3) is 6.22. The maximum atomic E-state index is 13.1. The van der Waals surface area contributed by atoms with E-state index in [1.165, 1.54) is 43.3 Å². The van der Waals surface area contributed by atoms with Gasteiger partial charge in [0.2, 0.25) is 5.91 Å². The van der Waals surface area contributed by atoms with E-state index in [0.717, 1.165) is 4.31 Å². The van der Waals surface area contributed by atoms with Crippen LogP contribution in [0.15, 0.2) is 53.4 Å². The van der Waals surface area contributed by atoms with Gasteiger partial charge in [0.1, 0.15) is 12.3 Å². The van der Waals surface area contributed by atoms with Crippen molar-refractivity contribution in [2.75, 3.05) is 38.2 Å². The Bertz CT molecular complexity index is 1100. The number of nitrogens with zero attached hydrogens (tertiary/aromatic N) is 2. The fraction of sp³-hybridized carbons (Fsp3) is 0.318. The van der Waals surface area contributed by atoms with Crippen molar-refractivity contribution in [1.29, 1.82) is 0 Å². The minimum atomic E-state index is -3.92. The molecule has 0 spiro atoms. The number of hydrogen-bond donors (Lipinski definition) is 1. The molecule has 33 heavy (non-hydrogen) atoms. The number of hydrogen-bond acceptors (Lipinski definition) is 7. The summed E-state index contributed by atoms with van der Waals surface area (Å²) in [5, 5.41) is 2.03. The van der Waals surface area contributed by atoms with Crippen LogP contribution in [0.1, 0.15) is 24.2 Å². The van der Waals surface area contributed by atoms with Gasteiger partial charge in [0.15, 0.2) is 0 Å². The summed E-state index contributed by atoms with van der Waals surface area (Å²) < 4.78 is 37.1. The number of likely N-dealkylation sites (N-methyl/N-ethyl adjacent to an activating group) is 1. The van der Waals surface area contributed by atoms with E-state index in [-0.39, 0.29) is 30.2 Å². The molecule has 2 aromatic carbocycles. The third-order valence-corrected chi connectivity index (χ3v) is 6.49. The van der Waals surface area contributed by atoms with Crippen molar-refractivity contribution < 1.29 is 32.3 Å². The molecule has 0 atom stereocenters. The zero-order valence-electron chi connectivity index (χ0n) is 18.9. The molecule has 178 valence electrons. The molecule has 0 unspecified atom stereocenters. The second-order valence-corrected chi connectivity index (χ2v) is 8.73. The van der Waals surface area contributed by atoms with Crippen molar-refractivity contribution in [3.63, 3.8) is 0 Å². The Kier molecular flexibility index (Phi) is 8.80. The summed E-state index contributed by atoms with van der Waals surface area (Å²) in [4.78, 5) is 37.3. The van der Waals surface area contributed by atoms with Crippen molar-refractivity contribution >= 4 is 33.6 Å². The molecule has 0 fully saturated rings. The maximum absolute atomic E-state index is 13.1. The Labute approximate surface area is 193 Å². The summed E-state index contributed by atoms with van der Waals surface area (Å²) in [6, 6.07) is 12.1. The second-order valence-electron chi connectivity index (χ2n) is 6.76. The molecule has 1 N–H and O–H groups in total.